The Kier molecular flexibility index (Phi) is 7.60. The molecule has 0 saturated heterocycles. The van der Waals surface area contributed by atoms with Crippen LogP contribution in [-0.2, 0) is 24.1 Å². The summed E-state index contributed by atoms with van der Waals surface area (Å²) in [6, 6.07) is 0. The molecule has 1 aliphatic carbocycles. The number of carbonyl (C=O) groups excluding carboxylic acids is 2. The lowest BCUT2D eigenvalue weighted by atomic mass is 9.75. The van der Waals surface area contributed by atoms with Crippen LogP contribution in [0.5, 0.6) is 0 Å². The molecule has 0 aromatic carbocycles. The van der Waals surface area contributed by atoms with Gasteiger partial charge in [0.25, 0.3) is 11.8 Å². The lowest BCUT2D eigenvalue weighted by molar-refractivity contribution is -0.446. The molecule has 1 aliphatic heterocycles. The van der Waals surface area contributed by atoms with E-state index < -0.39 is 5.79 Å². The molecule has 4 atom stereocenters. The van der Waals surface area contributed by atoms with Crippen LogP contribution in [0.25, 0.3) is 0 Å². The van der Waals surface area contributed by atoms with Gasteiger partial charge in [0.05, 0.1) is 6.10 Å². The molecule has 0 aromatic rings. The van der Waals surface area contributed by atoms with Crippen molar-refractivity contribution in [3.8, 4) is 0 Å². The van der Waals surface area contributed by atoms with Crippen molar-refractivity contribution in [3.63, 3.8) is 0 Å². The van der Waals surface area contributed by atoms with Gasteiger partial charge >= 0.3 is 0 Å². The SMILES string of the molecule is COC(C)(CCCN1C(=O)C=C(C)C1=O)OOC1CC(C)CCC1C(C)C. The third kappa shape index (κ3) is 5.62. The fraction of sp³-hybridized carbons (Fsp3) is 0.810. The van der Waals surface area contributed by atoms with Gasteiger partial charge in [0, 0.05) is 31.7 Å². The Labute approximate surface area is 163 Å². The average molecular weight is 382 g/mol. The molecule has 6 heteroatoms. The van der Waals surface area contributed by atoms with Crippen molar-refractivity contribution in [2.24, 2.45) is 17.8 Å². The number of hydrogen-bond acceptors (Lipinski definition) is 5. The molecule has 1 fully saturated rings. The summed E-state index contributed by atoms with van der Waals surface area (Å²) < 4.78 is 5.54. The highest BCUT2D eigenvalue weighted by Crippen LogP contribution is 2.36. The molecule has 4 unspecified atom stereocenters. The standard InChI is InChI=1S/C21H35NO5/c1-14(2)17-9-8-15(3)12-18(17)26-27-21(5,25-6)10-7-11-22-19(23)13-16(4)20(22)24/h13-15,17-18H,7-12H2,1-6H3. The van der Waals surface area contributed by atoms with E-state index in [1.54, 1.807) is 14.0 Å². The number of methoxy groups -OCH3 is 1. The third-order valence-corrected chi connectivity index (χ3v) is 5.94. The van der Waals surface area contributed by atoms with Gasteiger partial charge in [-0.25, -0.2) is 9.78 Å². The van der Waals surface area contributed by atoms with Crippen molar-refractivity contribution in [3.05, 3.63) is 11.6 Å². The highest BCUT2D eigenvalue weighted by Gasteiger charge is 2.36. The first-order valence-electron chi connectivity index (χ1n) is 10.1. The fourth-order valence-corrected chi connectivity index (χ4v) is 3.97. The number of rotatable bonds is 9. The summed E-state index contributed by atoms with van der Waals surface area (Å²) >= 11 is 0. The molecule has 0 radical (unpaired) electrons. The molecule has 2 amide bonds. The van der Waals surface area contributed by atoms with E-state index in [4.69, 9.17) is 14.5 Å². The molecule has 1 heterocycles. The fourth-order valence-electron chi connectivity index (χ4n) is 3.97. The van der Waals surface area contributed by atoms with Gasteiger partial charge in [0.1, 0.15) is 0 Å². The number of nitrogens with zero attached hydrogens (tertiary/aromatic N) is 1. The molecule has 2 rings (SSSR count). The van der Waals surface area contributed by atoms with Crippen LogP contribution in [0.4, 0.5) is 0 Å². The summed E-state index contributed by atoms with van der Waals surface area (Å²) in [6.45, 7) is 10.6. The molecule has 27 heavy (non-hydrogen) atoms. The van der Waals surface area contributed by atoms with Gasteiger partial charge in [-0.05, 0) is 50.9 Å². The molecular weight excluding hydrogens is 346 g/mol. The van der Waals surface area contributed by atoms with Gasteiger partial charge in [0.2, 0.25) is 0 Å². The van der Waals surface area contributed by atoms with E-state index in [2.05, 4.69) is 20.8 Å². The highest BCUT2D eigenvalue weighted by atomic mass is 17.2. The second-order valence-electron chi connectivity index (χ2n) is 8.61. The van der Waals surface area contributed by atoms with E-state index in [9.17, 15) is 9.59 Å². The van der Waals surface area contributed by atoms with E-state index in [0.717, 1.165) is 12.8 Å². The van der Waals surface area contributed by atoms with Crippen LogP contribution >= 0.6 is 0 Å². The Morgan fingerprint density at radius 2 is 2.00 bits per heavy atom. The van der Waals surface area contributed by atoms with Gasteiger partial charge < -0.3 is 4.74 Å². The van der Waals surface area contributed by atoms with E-state index in [0.29, 0.717) is 42.7 Å². The summed E-state index contributed by atoms with van der Waals surface area (Å²) in [5.41, 5.74) is 0.486. The van der Waals surface area contributed by atoms with Crippen LogP contribution in [0, 0.1) is 17.8 Å². The van der Waals surface area contributed by atoms with Gasteiger partial charge in [-0.1, -0.05) is 27.2 Å². The maximum absolute atomic E-state index is 12.0. The minimum Gasteiger partial charge on any atom is -0.351 e. The minimum absolute atomic E-state index is 0.0665. The summed E-state index contributed by atoms with van der Waals surface area (Å²) in [7, 11) is 1.59. The maximum Gasteiger partial charge on any atom is 0.256 e. The number of ether oxygens (including phenoxy) is 1. The highest BCUT2D eigenvalue weighted by molar-refractivity contribution is 6.15. The maximum atomic E-state index is 12.0. The molecule has 0 N–H and O–H groups in total. The summed E-state index contributed by atoms with van der Waals surface area (Å²) in [6.07, 6.45) is 5.93. The second kappa shape index (κ2) is 9.30. The first-order valence-corrected chi connectivity index (χ1v) is 10.1. The molecule has 0 spiro atoms. The Balaban J connectivity index is 1.85. The quantitative estimate of drug-likeness (QED) is 0.263. The van der Waals surface area contributed by atoms with Crippen molar-refractivity contribution in [2.75, 3.05) is 13.7 Å². The van der Waals surface area contributed by atoms with Crippen molar-refractivity contribution in [1.82, 2.24) is 4.90 Å². The number of carbonyl (C=O) groups is 2. The number of imide groups is 1. The van der Waals surface area contributed by atoms with Gasteiger partial charge in [-0.15, -0.1) is 0 Å². The van der Waals surface area contributed by atoms with Gasteiger partial charge in [-0.3, -0.25) is 14.5 Å². The van der Waals surface area contributed by atoms with Crippen LogP contribution in [0.1, 0.15) is 66.7 Å². The molecular formula is C21H35NO5. The van der Waals surface area contributed by atoms with Gasteiger partial charge in [-0.2, -0.15) is 0 Å². The molecule has 0 bridgehead atoms. The molecule has 0 aromatic heterocycles. The number of hydrogen-bond donors (Lipinski definition) is 0. The van der Waals surface area contributed by atoms with E-state index in [-0.39, 0.29) is 17.9 Å². The molecule has 6 nitrogen and oxygen atoms in total. The first-order chi connectivity index (χ1) is 12.7. The zero-order chi connectivity index (χ0) is 20.2. The zero-order valence-electron chi connectivity index (χ0n) is 17.6. The predicted molar refractivity (Wildman–Crippen MR) is 102 cm³/mol. The Hall–Kier alpha value is -1.24. The zero-order valence-corrected chi connectivity index (χ0v) is 17.6. The molecule has 2 aliphatic rings. The Bertz CT molecular complexity index is 573. The largest absolute Gasteiger partial charge is 0.351 e. The summed E-state index contributed by atoms with van der Waals surface area (Å²) in [5.74, 6) is 0.289. The second-order valence-corrected chi connectivity index (χ2v) is 8.61. The summed E-state index contributed by atoms with van der Waals surface area (Å²) in [5, 5.41) is 0. The van der Waals surface area contributed by atoms with Crippen LogP contribution in [0.3, 0.4) is 0 Å². The number of amides is 2. The van der Waals surface area contributed by atoms with E-state index in [1.165, 1.54) is 17.4 Å². The van der Waals surface area contributed by atoms with Crippen molar-refractivity contribution in [2.45, 2.75) is 78.6 Å². The lowest BCUT2D eigenvalue weighted by Crippen LogP contribution is -2.40. The first kappa shape index (κ1) is 22.1. The van der Waals surface area contributed by atoms with Crippen LogP contribution < -0.4 is 0 Å². The monoisotopic (exact) mass is 381 g/mol. The van der Waals surface area contributed by atoms with Crippen molar-refractivity contribution in [1.29, 1.82) is 0 Å². The smallest absolute Gasteiger partial charge is 0.256 e. The molecule has 154 valence electrons. The normalized spacial score (nSPS) is 28.6. The van der Waals surface area contributed by atoms with Crippen LogP contribution in [-0.4, -0.2) is 42.3 Å². The van der Waals surface area contributed by atoms with Crippen molar-refractivity contribution < 1.29 is 24.1 Å². The lowest BCUT2D eigenvalue weighted by Gasteiger charge is -2.38. The Morgan fingerprint density at radius 3 is 2.56 bits per heavy atom. The minimum atomic E-state index is -0.906. The van der Waals surface area contributed by atoms with Crippen LogP contribution in [0.2, 0.25) is 0 Å². The third-order valence-electron chi connectivity index (χ3n) is 5.94. The van der Waals surface area contributed by atoms with Crippen molar-refractivity contribution >= 4 is 11.8 Å². The van der Waals surface area contributed by atoms with Gasteiger partial charge in [0.15, 0.2) is 5.79 Å². The predicted octanol–water partition coefficient (Wildman–Crippen LogP) is 3.85. The van der Waals surface area contributed by atoms with Crippen LogP contribution in [0.15, 0.2) is 11.6 Å². The Morgan fingerprint density at radius 1 is 1.30 bits per heavy atom. The van der Waals surface area contributed by atoms with E-state index >= 15 is 0 Å². The summed E-state index contributed by atoms with van der Waals surface area (Å²) in [4.78, 5) is 36.7. The topological polar surface area (TPSA) is 65.1 Å². The average Bonchev–Trinajstić information content (AvgIpc) is 2.86. The molecule has 1 saturated carbocycles. The van der Waals surface area contributed by atoms with E-state index in [1.807, 2.05) is 6.92 Å².